The van der Waals surface area contributed by atoms with E-state index >= 15 is 0 Å². The predicted octanol–water partition coefficient (Wildman–Crippen LogP) is 5.74. The van der Waals surface area contributed by atoms with Crippen molar-refractivity contribution >= 4 is 46.1 Å². The first-order chi connectivity index (χ1) is 20.3. The van der Waals surface area contributed by atoms with E-state index in [1.54, 1.807) is 24.1 Å². The monoisotopic (exact) mass is 584 g/mol. The van der Waals surface area contributed by atoms with Crippen molar-refractivity contribution in [3.63, 3.8) is 0 Å². The van der Waals surface area contributed by atoms with E-state index in [0.29, 0.717) is 18.8 Å². The summed E-state index contributed by atoms with van der Waals surface area (Å²) in [5.74, 6) is -0.913. The van der Waals surface area contributed by atoms with E-state index in [4.69, 9.17) is 14.2 Å². The number of hydrogen-bond donors (Lipinski definition) is 0. The Bertz CT molecular complexity index is 1620. The average Bonchev–Trinajstić information content (AvgIpc) is 3.10. The second-order valence-corrected chi connectivity index (χ2v) is 11.3. The van der Waals surface area contributed by atoms with Gasteiger partial charge in [-0.3, -0.25) is 9.59 Å². The number of hydrogen-bond acceptors (Lipinski definition) is 8. The number of benzene rings is 4. The first kappa shape index (κ1) is 29.2. The van der Waals surface area contributed by atoms with Gasteiger partial charge < -0.3 is 24.0 Å². The molecule has 0 aromatic heterocycles. The molecule has 0 radical (unpaired) electrons. The van der Waals surface area contributed by atoms with Crippen LogP contribution in [0.4, 0.5) is 5.69 Å². The number of rotatable bonds is 8. The number of para-hydroxylation sites is 1. The summed E-state index contributed by atoms with van der Waals surface area (Å²) in [7, 11) is 5.49. The van der Waals surface area contributed by atoms with Crippen LogP contribution in [0.25, 0.3) is 10.8 Å². The Balaban J connectivity index is 1.64. The number of anilines is 1. The van der Waals surface area contributed by atoms with Crippen LogP contribution in [0.5, 0.6) is 11.5 Å². The maximum atomic E-state index is 14.5. The fourth-order valence-electron chi connectivity index (χ4n) is 4.90. The molecule has 9 heteroatoms. The van der Waals surface area contributed by atoms with Gasteiger partial charge in [-0.2, -0.15) is 0 Å². The van der Waals surface area contributed by atoms with Crippen LogP contribution in [0, 0.1) is 0 Å². The first-order valence-corrected chi connectivity index (χ1v) is 14.4. The molecule has 0 N–H and O–H groups in total. The molecule has 4 aromatic rings. The highest BCUT2D eigenvalue weighted by Crippen LogP contribution is 2.50. The van der Waals surface area contributed by atoms with Crippen LogP contribution in [-0.4, -0.2) is 63.1 Å². The van der Waals surface area contributed by atoms with Gasteiger partial charge in [-0.1, -0.05) is 54.6 Å². The Labute approximate surface area is 249 Å². The highest BCUT2D eigenvalue weighted by molar-refractivity contribution is 8.00. The van der Waals surface area contributed by atoms with Crippen molar-refractivity contribution < 1.29 is 28.6 Å². The summed E-state index contributed by atoms with van der Waals surface area (Å²) in [6.45, 7) is 2.26. The van der Waals surface area contributed by atoms with Crippen LogP contribution in [-0.2, 0) is 14.3 Å². The summed E-state index contributed by atoms with van der Waals surface area (Å²) in [6.07, 6.45) is -1.19. The van der Waals surface area contributed by atoms with Gasteiger partial charge in [0, 0.05) is 24.9 Å². The number of carbonyl (C=O) groups excluding carboxylic acids is 3. The Morgan fingerprint density at radius 3 is 2.36 bits per heavy atom. The van der Waals surface area contributed by atoms with Crippen LogP contribution >= 0.6 is 11.8 Å². The summed E-state index contributed by atoms with van der Waals surface area (Å²) in [5, 5.41) is 1.47. The molecule has 4 aromatic carbocycles. The number of methoxy groups -OCH3 is 1. The smallest absolute Gasteiger partial charge is 0.342 e. The zero-order valence-corrected chi connectivity index (χ0v) is 24.7. The fourth-order valence-corrected chi connectivity index (χ4v) is 6.35. The van der Waals surface area contributed by atoms with E-state index in [-0.39, 0.29) is 17.2 Å². The van der Waals surface area contributed by atoms with Crippen LogP contribution in [0.2, 0.25) is 0 Å². The SMILES string of the molecule is COc1ccc(C2Sc3c(ccc4ccccc34)N(CCN(C)C)C(=O)C2OC(=O)c2ccccc2OC(C)=O)cc1. The third-order valence-electron chi connectivity index (χ3n) is 6.99. The molecular weight excluding hydrogens is 552 g/mol. The normalized spacial score (nSPS) is 16.6. The minimum absolute atomic E-state index is 0.0611. The summed E-state index contributed by atoms with van der Waals surface area (Å²) >= 11 is 1.50. The first-order valence-electron chi connectivity index (χ1n) is 13.5. The maximum Gasteiger partial charge on any atom is 0.342 e. The van der Waals surface area contributed by atoms with E-state index in [1.807, 2.05) is 79.7 Å². The largest absolute Gasteiger partial charge is 0.497 e. The summed E-state index contributed by atoms with van der Waals surface area (Å²) in [5.41, 5.74) is 1.63. The lowest BCUT2D eigenvalue weighted by Crippen LogP contribution is -2.45. The number of thioether (sulfide) groups is 1. The van der Waals surface area contributed by atoms with Gasteiger partial charge in [-0.25, -0.2) is 4.79 Å². The summed E-state index contributed by atoms with van der Waals surface area (Å²) < 4.78 is 16.7. The van der Waals surface area contributed by atoms with Crippen LogP contribution < -0.4 is 14.4 Å². The molecule has 0 spiro atoms. The zero-order valence-electron chi connectivity index (χ0n) is 23.9. The van der Waals surface area contributed by atoms with Crippen molar-refractivity contribution in [2.24, 2.45) is 0 Å². The molecule has 0 aliphatic carbocycles. The van der Waals surface area contributed by atoms with Gasteiger partial charge in [0.2, 0.25) is 0 Å². The lowest BCUT2D eigenvalue weighted by molar-refractivity contribution is -0.132. The Hall–Kier alpha value is -4.34. The topological polar surface area (TPSA) is 85.4 Å². The van der Waals surface area contributed by atoms with E-state index in [9.17, 15) is 14.4 Å². The minimum atomic E-state index is -1.19. The minimum Gasteiger partial charge on any atom is -0.497 e. The Kier molecular flexibility index (Phi) is 8.80. The van der Waals surface area contributed by atoms with Crippen LogP contribution in [0.3, 0.4) is 0 Å². The molecule has 42 heavy (non-hydrogen) atoms. The molecule has 2 unspecified atom stereocenters. The molecule has 0 saturated heterocycles. The van der Waals surface area contributed by atoms with Crippen molar-refractivity contribution in [3.8, 4) is 11.5 Å². The number of amides is 1. The van der Waals surface area contributed by atoms with Gasteiger partial charge in [0.05, 0.1) is 18.0 Å². The van der Waals surface area contributed by atoms with Crippen LogP contribution in [0.1, 0.15) is 28.1 Å². The summed E-state index contributed by atoms with van der Waals surface area (Å²) in [4.78, 5) is 44.6. The molecule has 1 heterocycles. The number of nitrogens with zero attached hydrogens (tertiary/aromatic N) is 2. The van der Waals surface area contributed by atoms with Gasteiger partial charge in [-0.05, 0) is 60.8 Å². The number of carbonyl (C=O) groups is 3. The van der Waals surface area contributed by atoms with Crippen molar-refractivity contribution in [2.75, 3.05) is 39.2 Å². The zero-order chi connectivity index (χ0) is 29.8. The van der Waals surface area contributed by atoms with Gasteiger partial charge in [0.1, 0.15) is 17.1 Å². The lowest BCUT2D eigenvalue weighted by Gasteiger charge is -2.29. The van der Waals surface area contributed by atoms with Gasteiger partial charge in [-0.15, -0.1) is 11.8 Å². The van der Waals surface area contributed by atoms with Crippen molar-refractivity contribution in [3.05, 3.63) is 96.1 Å². The van der Waals surface area contributed by atoms with E-state index in [2.05, 4.69) is 0 Å². The molecule has 1 aliphatic rings. The highest BCUT2D eigenvalue weighted by Gasteiger charge is 2.42. The second-order valence-electron chi connectivity index (χ2n) is 10.2. The number of esters is 2. The molecule has 5 rings (SSSR count). The maximum absolute atomic E-state index is 14.5. The van der Waals surface area contributed by atoms with E-state index in [0.717, 1.165) is 26.9 Å². The van der Waals surface area contributed by atoms with Crippen molar-refractivity contribution in [1.29, 1.82) is 0 Å². The molecular formula is C33H32N2O6S. The second kappa shape index (κ2) is 12.7. The molecule has 0 bridgehead atoms. The number of likely N-dealkylation sites (N-methyl/N-ethyl adjacent to an activating group) is 1. The molecule has 2 atom stereocenters. The molecule has 0 saturated carbocycles. The number of fused-ring (bicyclic) bond motifs is 3. The average molecular weight is 585 g/mol. The quantitative estimate of drug-likeness (QED) is 0.192. The molecule has 1 aliphatic heterocycles. The molecule has 0 fully saturated rings. The fraction of sp³-hybridized carbons (Fsp3) is 0.242. The van der Waals surface area contributed by atoms with Crippen LogP contribution in [0.15, 0.2) is 89.8 Å². The van der Waals surface area contributed by atoms with Gasteiger partial charge >= 0.3 is 11.9 Å². The molecule has 1 amide bonds. The van der Waals surface area contributed by atoms with Crippen molar-refractivity contribution in [1.82, 2.24) is 4.90 Å². The van der Waals surface area contributed by atoms with E-state index < -0.39 is 23.3 Å². The highest BCUT2D eigenvalue weighted by atomic mass is 32.2. The molecule has 216 valence electrons. The third kappa shape index (κ3) is 6.12. The standard InChI is InChI=1S/C33H32N2O6S/c1-21(36)40-28-12-8-7-11-26(28)33(38)41-29-30(23-13-16-24(39-4)17-14-23)42-31-25-10-6-5-9-22(25)15-18-27(31)35(32(29)37)20-19-34(2)3/h5-18,29-30H,19-20H2,1-4H3. The van der Waals surface area contributed by atoms with E-state index in [1.165, 1.54) is 30.8 Å². The molecule has 8 nitrogen and oxygen atoms in total. The summed E-state index contributed by atoms with van der Waals surface area (Å²) in [6, 6.07) is 25.8. The van der Waals surface area contributed by atoms with Gasteiger partial charge in [0.15, 0.2) is 6.10 Å². The Morgan fingerprint density at radius 1 is 0.929 bits per heavy atom. The Morgan fingerprint density at radius 2 is 1.64 bits per heavy atom. The third-order valence-corrected chi connectivity index (χ3v) is 8.43. The predicted molar refractivity (Wildman–Crippen MR) is 163 cm³/mol. The number of ether oxygens (including phenoxy) is 3. The lowest BCUT2D eigenvalue weighted by atomic mass is 10.0. The van der Waals surface area contributed by atoms with Crippen molar-refractivity contribution in [2.45, 2.75) is 23.2 Å². The van der Waals surface area contributed by atoms with Gasteiger partial charge in [0.25, 0.3) is 5.91 Å².